The standard InChI is InChI=1S/C14H9NO4S.Na.H/c15-9-10-1-3-11(4-2-10)14(16)12-5-7-13(8-6-12)20(17,18)19;;/h1-8H,(H,17,18,19);;/q;+1;-1. The van der Waals surface area contributed by atoms with Crippen LogP contribution in [0.3, 0.4) is 0 Å². The van der Waals surface area contributed by atoms with E-state index in [4.69, 9.17) is 9.81 Å². The molecule has 0 saturated carbocycles. The normalized spacial score (nSPS) is 10.3. The van der Waals surface area contributed by atoms with Crippen LogP contribution in [-0.2, 0) is 10.1 Å². The van der Waals surface area contributed by atoms with Crippen LogP contribution in [0.2, 0.25) is 0 Å². The molecule has 0 aliphatic heterocycles. The Morgan fingerprint density at radius 3 is 1.81 bits per heavy atom. The third-order valence-electron chi connectivity index (χ3n) is 2.69. The minimum atomic E-state index is -4.27. The fraction of sp³-hybridized carbons (Fsp3) is 0. The predicted octanol–water partition coefficient (Wildman–Crippen LogP) is -0.848. The maximum atomic E-state index is 12.1. The van der Waals surface area contributed by atoms with Gasteiger partial charge in [-0.15, -0.1) is 0 Å². The van der Waals surface area contributed by atoms with Gasteiger partial charge in [0.25, 0.3) is 10.1 Å². The summed E-state index contributed by atoms with van der Waals surface area (Å²) in [5.41, 5.74) is 1.13. The number of carbonyl (C=O) groups excluding carboxylic acids is 1. The zero-order valence-corrected chi connectivity index (χ0v) is 14.0. The Morgan fingerprint density at radius 2 is 1.43 bits per heavy atom. The summed E-state index contributed by atoms with van der Waals surface area (Å²) >= 11 is 0. The molecule has 0 saturated heterocycles. The number of nitriles is 1. The van der Waals surface area contributed by atoms with E-state index in [1.165, 1.54) is 36.4 Å². The minimum Gasteiger partial charge on any atom is -1.00 e. The average Bonchev–Trinajstić information content (AvgIpc) is 2.46. The Balaban J connectivity index is 0.00000220. The third-order valence-corrected chi connectivity index (χ3v) is 3.56. The van der Waals surface area contributed by atoms with Crippen LogP contribution in [0.25, 0.3) is 0 Å². The number of benzene rings is 2. The molecule has 2 aromatic rings. The summed E-state index contributed by atoms with van der Waals surface area (Å²) in [4.78, 5) is 11.8. The first-order chi connectivity index (χ1) is 9.41. The van der Waals surface area contributed by atoms with Crippen LogP contribution in [0.15, 0.2) is 53.4 Å². The Hall–Kier alpha value is -1.49. The largest absolute Gasteiger partial charge is 1.00 e. The number of rotatable bonds is 3. The molecule has 0 spiro atoms. The summed E-state index contributed by atoms with van der Waals surface area (Å²) in [6, 6.07) is 13.0. The summed E-state index contributed by atoms with van der Waals surface area (Å²) in [7, 11) is -4.27. The molecule has 0 atom stereocenters. The van der Waals surface area contributed by atoms with Crippen LogP contribution in [0.1, 0.15) is 22.9 Å². The van der Waals surface area contributed by atoms with Crippen molar-refractivity contribution in [3.05, 3.63) is 65.2 Å². The molecular weight excluding hydrogens is 301 g/mol. The molecule has 2 rings (SSSR count). The first-order valence-electron chi connectivity index (χ1n) is 5.54. The van der Waals surface area contributed by atoms with Gasteiger partial charge in [0.15, 0.2) is 5.78 Å². The Bertz CT molecular complexity index is 796. The average molecular weight is 311 g/mol. The van der Waals surface area contributed by atoms with Crippen LogP contribution in [0.5, 0.6) is 0 Å². The second-order valence-electron chi connectivity index (χ2n) is 4.02. The van der Waals surface area contributed by atoms with Crippen molar-refractivity contribution in [2.45, 2.75) is 4.90 Å². The van der Waals surface area contributed by atoms with Gasteiger partial charge in [-0.2, -0.15) is 13.7 Å². The van der Waals surface area contributed by atoms with E-state index in [9.17, 15) is 13.2 Å². The van der Waals surface area contributed by atoms with Gasteiger partial charge >= 0.3 is 29.6 Å². The molecule has 0 aliphatic carbocycles. The van der Waals surface area contributed by atoms with E-state index in [-0.39, 0.29) is 41.7 Å². The Morgan fingerprint density at radius 1 is 1.00 bits per heavy atom. The third kappa shape index (κ3) is 4.24. The van der Waals surface area contributed by atoms with Crippen molar-refractivity contribution < 1.29 is 48.7 Å². The number of carbonyl (C=O) groups is 1. The molecule has 102 valence electrons. The number of hydrogen-bond acceptors (Lipinski definition) is 4. The number of hydrogen-bond donors (Lipinski definition) is 1. The van der Waals surface area contributed by atoms with E-state index in [0.717, 1.165) is 12.1 Å². The summed E-state index contributed by atoms with van der Waals surface area (Å²) in [5.74, 6) is -0.295. The molecule has 0 aliphatic rings. The Kier molecular flexibility index (Phi) is 5.84. The molecule has 0 radical (unpaired) electrons. The van der Waals surface area contributed by atoms with Gasteiger partial charge in [0.05, 0.1) is 16.5 Å². The molecule has 7 heteroatoms. The van der Waals surface area contributed by atoms with E-state index in [0.29, 0.717) is 16.7 Å². The quantitative estimate of drug-likeness (QED) is 0.453. The molecular formula is C14H10NNaO4S. The SMILES string of the molecule is N#Cc1ccc(C(=O)c2ccc(S(=O)(=O)O)cc2)cc1.[H-].[Na+]. The van der Waals surface area contributed by atoms with Crippen molar-refractivity contribution in [2.75, 3.05) is 0 Å². The van der Waals surface area contributed by atoms with Gasteiger partial charge in [-0.1, -0.05) is 0 Å². The van der Waals surface area contributed by atoms with Gasteiger partial charge in [0, 0.05) is 11.1 Å². The van der Waals surface area contributed by atoms with E-state index in [1.807, 2.05) is 6.07 Å². The zero-order valence-electron chi connectivity index (χ0n) is 12.1. The molecule has 0 bridgehead atoms. The molecule has 2 aromatic carbocycles. The van der Waals surface area contributed by atoms with Crippen LogP contribution >= 0.6 is 0 Å². The predicted molar refractivity (Wildman–Crippen MR) is 72.0 cm³/mol. The molecule has 0 fully saturated rings. The fourth-order valence-corrected chi connectivity index (χ4v) is 2.12. The van der Waals surface area contributed by atoms with Gasteiger partial charge in [0.2, 0.25) is 0 Å². The van der Waals surface area contributed by atoms with E-state index in [1.54, 1.807) is 0 Å². The van der Waals surface area contributed by atoms with Gasteiger partial charge < -0.3 is 1.43 Å². The summed E-state index contributed by atoms with van der Waals surface area (Å²) in [6.45, 7) is 0. The summed E-state index contributed by atoms with van der Waals surface area (Å²) < 4.78 is 30.6. The van der Waals surface area contributed by atoms with E-state index < -0.39 is 10.1 Å². The monoisotopic (exact) mass is 311 g/mol. The molecule has 1 N–H and O–H groups in total. The van der Waals surface area contributed by atoms with Crippen molar-refractivity contribution in [2.24, 2.45) is 0 Å². The summed E-state index contributed by atoms with van der Waals surface area (Å²) in [6.07, 6.45) is 0. The van der Waals surface area contributed by atoms with Crippen LogP contribution < -0.4 is 29.6 Å². The van der Waals surface area contributed by atoms with Crippen molar-refractivity contribution in [3.8, 4) is 6.07 Å². The van der Waals surface area contributed by atoms with Crippen molar-refractivity contribution >= 4 is 15.9 Å². The fourth-order valence-electron chi connectivity index (χ4n) is 1.64. The second-order valence-corrected chi connectivity index (χ2v) is 5.44. The molecule has 5 nitrogen and oxygen atoms in total. The van der Waals surface area contributed by atoms with Crippen molar-refractivity contribution in [1.82, 2.24) is 0 Å². The maximum Gasteiger partial charge on any atom is 1.00 e. The first kappa shape index (κ1) is 17.6. The van der Waals surface area contributed by atoms with E-state index >= 15 is 0 Å². The zero-order chi connectivity index (χ0) is 14.8. The van der Waals surface area contributed by atoms with Gasteiger partial charge in [-0.25, -0.2) is 0 Å². The maximum absolute atomic E-state index is 12.1. The molecule has 0 amide bonds. The topological polar surface area (TPSA) is 95.2 Å². The number of ketones is 1. The smallest absolute Gasteiger partial charge is 1.00 e. The molecule has 0 unspecified atom stereocenters. The van der Waals surface area contributed by atoms with Crippen molar-refractivity contribution in [3.63, 3.8) is 0 Å². The minimum absolute atomic E-state index is 0. The van der Waals surface area contributed by atoms with Crippen molar-refractivity contribution in [1.29, 1.82) is 5.26 Å². The Labute approximate surface area is 145 Å². The van der Waals surface area contributed by atoms with Crippen LogP contribution in [-0.4, -0.2) is 18.8 Å². The number of nitrogens with zero attached hydrogens (tertiary/aromatic N) is 1. The molecule has 0 heterocycles. The first-order valence-corrected chi connectivity index (χ1v) is 6.98. The van der Waals surface area contributed by atoms with E-state index in [2.05, 4.69) is 0 Å². The van der Waals surface area contributed by atoms with Gasteiger partial charge in [0.1, 0.15) is 0 Å². The van der Waals surface area contributed by atoms with Gasteiger partial charge in [-0.05, 0) is 48.5 Å². The summed E-state index contributed by atoms with van der Waals surface area (Å²) in [5, 5.41) is 8.68. The molecule has 0 aromatic heterocycles. The van der Waals surface area contributed by atoms with Crippen LogP contribution in [0, 0.1) is 11.3 Å². The van der Waals surface area contributed by atoms with Crippen LogP contribution in [0.4, 0.5) is 0 Å². The van der Waals surface area contributed by atoms with Gasteiger partial charge in [-0.3, -0.25) is 9.35 Å². The second kappa shape index (κ2) is 6.98. The molecule has 21 heavy (non-hydrogen) atoms.